The molecule has 0 aliphatic rings. The molecule has 0 saturated heterocycles. The zero-order chi connectivity index (χ0) is 13.4. The molecule has 0 bridgehead atoms. The van der Waals surface area contributed by atoms with Crippen LogP contribution >= 0.6 is 0 Å². The van der Waals surface area contributed by atoms with E-state index < -0.39 is 0 Å². The molecule has 2 heteroatoms. The van der Waals surface area contributed by atoms with E-state index in [0.29, 0.717) is 6.04 Å². The Kier molecular flexibility index (Phi) is 6.99. The minimum Gasteiger partial charge on any atom is -0.377 e. The fourth-order valence-electron chi connectivity index (χ4n) is 2.29. The lowest BCUT2D eigenvalue weighted by Crippen LogP contribution is -2.34. The van der Waals surface area contributed by atoms with Crippen LogP contribution in [0.3, 0.4) is 0 Å². The number of benzene rings is 1. The van der Waals surface area contributed by atoms with Crippen molar-refractivity contribution in [2.75, 3.05) is 13.2 Å². The molecule has 0 amide bonds. The molecule has 2 atom stereocenters. The van der Waals surface area contributed by atoms with Gasteiger partial charge in [0.15, 0.2) is 0 Å². The highest BCUT2D eigenvalue weighted by molar-refractivity contribution is 5.26. The van der Waals surface area contributed by atoms with E-state index in [4.69, 9.17) is 4.74 Å². The van der Waals surface area contributed by atoms with Crippen LogP contribution in [0.15, 0.2) is 24.3 Å². The molecule has 1 N–H and O–H groups in total. The Balaban J connectivity index is 2.88. The van der Waals surface area contributed by atoms with Gasteiger partial charge in [-0.15, -0.1) is 0 Å². The Bertz CT molecular complexity index is 338. The molecule has 102 valence electrons. The average molecular weight is 249 g/mol. The summed E-state index contributed by atoms with van der Waals surface area (Å²) in [7, 11) is 0. The molecule has 1 aromatic carbocycles. The smallest absolute Gasteiger partial charge is 0.0766 e. The third-order valence-corrected chi connectivity index (χ3v) is 3.17. The fraction of sp³-hybridized carbons (Fsp3) is 0.625. The summed E-state index contributed by atoms with van der Waals surface area (Å²) in [6.45, 7) is 10.4. The third kappa shape index (κ3) is 4.43. The summed E-state index contributed by atoms with van der Waals surface area (Å²) in [4.78, 5) is 0. The molecule has 2 nitrogen and oxygen atoms in total. The second kappa shape index (κ2) is 8.28. The van der Waals surface area contributed by atoms with E-state index in [1.165, 1.54) is 11.1 Å². The van der Waals surface area contributed by atoms with E-state index in [-0.39, 0.29) is 6.10 Å². The average Bonchev–Trinajstić information content (AvgIpc) is 2.38. The molecule has 0 aromatic heterocycles. The molecule has 1 rings (SSSR count). The first-order chi connectivity index (χ1) is 8.72. The van der Waals surface area contributed by atoms with E-state index in [1.807, 2.05) is 0 Å². The number of aryl methyl sites for hydroxylation is 1. The first-order valence-corrected chi connectivity index (χ1v) is 7.14. The molecule has 2 unspecified atom stereocenters. The van der Waals surface area contributed by atoms with Crippen LogP contribution in [0.4, 0.5) is 0 Å². The highest BCUT2D eigenvalue weighted by Gasteiger charge is 2.21. The summed E-state index contributed by atoms with van der Waals surface area (Å²) in [5, 5.41) is 3.62. The molecule has 0 radical (unpaired) electrons. The van der Waals surface area contributed by atoms with Crippen LogP contribution in [0.2, 0.25) is 0 Å². The van der Waals surface area contributed by atoms with Crippen molar-refractivity contribution in [3.8, 4) is 0 Å². The highest BCUT2D eigenvalue weighted by Crippen LogP contribution is 2.22. The first kappa shape index (κ1) is 15.2. The lowest BCUT2D eigenvalue weighted by atomic mass is 9.97. The zero-order valence-corrected chi connectivity index (χ0v) is 12.2. The van der Waals surface area contributed by atoms with Gasteiger partial charge in [0, 0.05) is 6.61 Å². The quantitative estimate of drug-likeness (QED) is 0.755. The van der Waals surface area contributed by atoms with E-state index >= 15 is 0 Å². The van der Waals surface area contributed by atoms with Crippen LogP contribution in [0, 0.1) is 6.92 Å². The Morgan fingerprint density at radius 2 is 2.00 bits per heavy atom. The topological polar surface area (TPSA) is 21.3 Å². The van der Waals surface area contributed by atoms with Gasteiger partial charge in [-0.2, -0.15) is 0 Å². The summed E-state index contributed by atoms with van der Waals surface area (Å²) >= 11 is 0. The molecule has 0 fully saturated rings. The lowest BCUT2D eigenvalue weighted by Gasteiger charge is -2.28. The minimum absolute atomic E-state index is 0.253. The van der Waals surface area contributed by atoms with Crippen LogP contribution in [-0.2, 0) is 4.74 Å². The van der Waals surface area contributed by atoms with Crippen molar-refractivity contribution in [3.05, 3.63) is 35.4 Å². The van der Waals surface area contributed by atoms with Gasteiger partial charge in [-0.05, 0) is 38.8 Å². The molecular weight excluding hydrogens is 222 g/mol. The van der Waals surface area contributed by atoms with Crippen molar-refractivity contribution in [2.24, 2.45) is 0 Å². The number of ether oxygens (including phenoxy) is 1. The van der Waals surface area contributed by atoms with Gasteiger partial charge in [0.05, 0.1) is 12.1 Å². The van der Waals surface area contributed by atoms with Crippen molar-refractivity contribution in [1.29, 1.82) is 0 Å². The van der Waals surface area contributed by atoms with Gasteiger partial charge in [0.25, 0.3) is 0 Å². The Labute approximate surface area is 112 Å². The van der Waals surface area contributed by atoms with Gasteiger partial charge in [0.1, 0.15) is 0 Å². The summed E-state index contributed by atoms with van der Waals surface area (Å²) in [6.07, 6.45) is 2.43. The monoisotopic (exact) mass is 249 g/mol. The molecule has 0 saturated carbocycles. The number of nitrogens with one attached hydrogen (secondary N) is 1. The second-order valence-electron chi connectivity index (χ2n) is 4.75. The van der Waals surface area contributed by atoms with Gasteiger partial charge >= 0.3 is 0 Å². The molecule has 0 heterocycles. The zero-order valence-electron chi connectivity index (χ0n) is 12.2. The summed E-state index contributed by atoms with van der Waals surface area (Å²) in [6, 6.07) is 9.03. The van der Waals surface area contributed by atoms with Crippen molar-refractivity contribution in [1.82, 2.24) is 5.32 Å². The van der Waals surface area contributed by atoms with E-state index in [2.05, 4.69) is 57.3 Å². The van der Waals surface area contributed by atoms with E-state index in [0.717, 1.165) is 26.0 Å². The van der Waals surface area contributed by atoms with Gasteiger partial charge in [-0.1, -0.05) is 43.7 Å². The predicted octanol–water partition coefficient (Wildman–Crippen LogP) is 3.85. The molecular formula is C16H27NO. The normalized spacial score (nSPS) is 14.4. The van der Waals surface area contributed by atoms with Gasteiger partial charge < -0.3 is 10.1 Å². The largest absolute Gasteiger partial charge is 0.377 e. The predicted molar refractivity (Wildman–Crippen MR) is 77.9 cm³/mol. The summed E-state index contributed by atoms with van der Waals surface area (Å²) in [5.41, 5.74) is 2.64. The standard InChI is InChI=1S/C16H27NO/c1-5-11-17-16(15(6-2)18-7-3)14-10-8-9-13(4)12-14/h8-10,12,15-17H,5-7,11H2,1-4H3. The first-order valence-electron chi connectivity index (χ1n) is 7.14. The minimum atomic E-state index is 0.253. The maximum atomic E-state index is 5.88. The molecule has 0 aliphatic carbocycles. The second-order valence-corrected chi connectivity index (χ2v) is 4.75. The van der Waals surface area contributed by atoms with Gasteiger partial charge in [0.2, 0.25) is 0 Å². The van der Waals surface area contributed by atoms with Crippen LogP contribution in [0.5, 0.6) is 0 Å². The van der Waals surface area contributed by atoms with Crippen molar-refractivity contribution in [2.45, 2.75) is 52.7 Å². The summed E-state index contributed by atoms with van der Waals surface area (Å²) in [5.74, 6) is 0. The maximum Gasteiger partial charge on any atom is 0.0766 e. The van der Waals surface area contributed by atoms with Crippen LogP contribution in [0.1, 0.15) is 50.8 Å². The lowest BCUT2D eigenvalue weighted by molar-refractivity contribution is 0.0314. The Hall–Kier alpha value is -0.860. The van der Waals surface area contributed by atoms with Crippen LogP contribution in [0.25, 0.3) is 0 Å². The maximum absolute atomic E-state index is 5.88. The SMILES string of the molecule is CCCNC(c1cccc(C)c1)C(CC)OCC. The fourth-order valence-corrected chi connectivity index (χ4v) is 2.29. The Morgan fingerprint density at radius 3 is 2.56 bits per heavy atom. The van der Waals surface area contributed by atoms with Gasteiger partial charge in [-0.25, -0.2) is 0 Å². The molecule has 0 aliphatic heterocycles. The number of hydrogen-bond acceptors (Lipinski definition) is 2. The van der Waals surface area contributed by atoms with Crippen LogP contribution in [-0.4, -0.2) is 19.3 Å². The van der Waals surface area contributed by atoms with E-state index in [1.54, 1.807) is 0 Å². The van der Waals surface area contributed by atoms with Gasteiger partial charge in [-0.3, -0.25) is 0 Å². The van der Waals surface area contributed by atoms with Crippen molar-refractivity contribution < 1.29 is 4.74 Å². The third-order valence-electron chi connectivity index (χ3n) is 3.17. The molecule has 18 heavy (non-hydrogen) atoms. The summed E-state index contributed by atoms with van der Waals surface area (Å²) < 4.78 is 5.88. The Morgan fingerprint density at radius 1 is 1.22 bits per heavy atom. The highest BCUT2D eigenvalue weighted by atomic mass is 16.5. The number of rotatable bonds is 8. The van der Waals surface area contributed by atoms with Crippen molar-refractivity contribution >= 4 is 0 Å². The van der Waals surface area contributed by atoms with Crippen molar-refractivity contribution in [3.63, 3.8) is 0 Å². The van der Waals surface area contributed by atoms with E-state index in [9.17, 15) is 0 Å². The molecule has 0 spiro atoms. The number of hydrogen-bond donors (Lipinski definition) is 1. The molecule has 1 aromatic rings. The van der Waals surface area contributed by atoms with Crippen LogP contribution < -0.4 is 5.32 Å².